The first kappa shape index (κ1) is 10.2. The first-order valence-electron chi connectivity index (χ1n) is 2.90. The minimum Gasteiger partial charge on any atom is -0.422 e. The van der Waals surface area contributed by atoms with Crippen molar-refractivity contribution in [2.45, 2.75) is 23.8 Å². The molecule has 1 unspecified atom stereocenters. The lowest BCUT2D eigenvalue weighted by molar-refractivity contribution is 0.227. The van der Waals surface area contributed by atoms with Crippen molar-refractivity contribution in [2.24, 2.45) is 0 Å². The largest absolute Gasteiger partial charge is 0.422 e. The molecule has 0 heterocycles. The first-order chi connectivity index (χ1) is 4.72. The topological polar surface area (TPSA) is 33.0 Å². The molecule has 0 aromatic heterocycles. The highest BCUT2D eigenvalue weighted by atomic mass is 35.5. The summed E-state index contributed by atoms with van der Waals surface area (Å²) in [5, 5.41) is 8.21. The van der Waals surface area contributed by atoms with E-state index in [2.05, 4.69) is 0 Å². The smallest absolute Gasteiger partial charge is 0.146 e. The Morgan fingerprint density at radius 1 is 1.60 bits per heavy atom. The molecule has 1 atom stereocenters. The summed E-state index contributed by atoms with van der Waals surface area (Å²) < 4.78 is 5.04. The van der Waals surface area contributed by atoms with Crippen LogP contribution in [0.4, 0.5) is 0 Å². The zero-order chi connectivity index (χ0) is 7.98. The molecule has 5 heteroatoms. The Balaban J connectivity index is 3.52. The van der Waals surface area contributed by atoms with E-state index >= 15 is 0 Å². The maximum atomic E-state index is 8.21. The highest BCUT2D eigenvalue weighted by molar-refractivity contribution is 6.44. The lowest BCUT2D eigenvalue weighted by atomic mass is 10.2. The summed E-state index contributed by atoms with van der Waals surface area (Å²) in [5.74, 6) is 0. The second-order valence-electron chi connectivity index (χ2n) is 1.81. The van der Waals surface area contributed by atoms with Crippen LogP contribution in [-0.2, 0) is 4.43 Å². The molecule has 0 amide bonds. The quantitative estimate of drug-likeness (QED) is 0.493. The van der Waals surface area contributed by atoms with Crippen LogP contribution in [0.25, 0.3) is 0 Å². The van der Waals surface area contributed by atoms with Gasteiger partial charge in [-0.2, -0.15) is 5.26 Å². The summed E-state index contributed by atoms with van der Waals surface area (Å²) >= 11 is 11.1. The highest BCUT2D eigenvalue weighted by Gasteiger charge is 2.14. The zero-order valence-corrected chi connectivity index (χ0v) is 9.19. The summed E-state index contributed by atoms with van der Waals surface area (Å²) in [6, 6.07) is 2.01. The molecular weight excluding hydrogens is 189 g/mol. The van der Waals surface area contributed by atoms with Crippen LogP contribution < -0.4 is 0 Å². The number of halogens is 2. The van der Waals surface area contributed by atoms with Crippen molar-refractivity contribution >= 4 is 33.7 Å². The molecule has 0 saturated heterocycles. The van der Waals surface area contributed by atoms with Gasteiger partial charge in [0, 0.05) is 6.42 Å². The second kappa shape index (κ2) is 5.99. The van der Waals surface area contributed by atoms with Gasteiger partial charge in [-0.3, -0.25) is 0 Å². The molecule has 0 aliphatic carbocycles. The molecule has 0 N–H and O–H groups in total. The van der Waals surface area contributed by atoms with Gasteiger partial charge in [-0.25, -0.2) is 0 Å². The normalized spacial score (nSPS) is 13.4. The molecule has 0 bridgehead atoms. The van der Waals surface area contributed by atoms with Crippen LogP contribution in [0.15, 0.2) is 0 Å². The number of alkyl halides is 2. The van der Waals surface area contributed by atoms with Gasteiger partial charge in [0.15, 0.2) is 0 Å². The summed E-state index contributed by atoms with van der Waals surface area (Å²) in [4.78, 5) is -0.508. The van der Waals surface area contributed by atoms with Crippen molar-refractivity contribution in [3.05, 3.63) is 0 Å². The lowest BCUT2D eigenvalue weighted by Crippen LogP contribution is -2.18. The average Bonchev–Trinajstić information content (AvgIpc) is 1.89. The van der Waals surface area contributed by atoms with Crippen molar-refractivity contribution in [2.75, 3.05) is 0 Å². The van der Waals surface area contributed by atoms with Gasteiger partial charge in [0.2, 0.25) is 0 Å². The lowest BCUT2D eigenvalue weighted by Gasteiger charge is -2.14. The van der Waals surface area contributed by atoms with Crippen LogP contribution in [-0.4, -0.2) is 21.4 Å². The van der Waals surface area contributed by atoms with E-state index in [9.17, 15) is 0 Å². The Morgan fingerprint density at radius 3 is 2.50 bits per heavy atom. The Kier molecular flexibility index (Phi) is 6.14. The van der Waals surface area contributed by atoms with Gasteiger partial charge in [0.1, 0.15) is 15.3 Å². The van der Waals surface area contributed by atoms with Crippen LogP contribution in [0.5, 0.6) is 0 Å². The van der Waals surface area contributed by atoms with E-state index in [1.54, 1.807) is 0 Å². The summed E-state index contributed by atoms with van der Waals surface area (Å²) in [7, 11) is 0.609. The van der Waals surface area contributed by atoms with Gasteiger partial charge >= 0.3 is 0 Å². The maximum Gasteiger partial charge on any atom is 0.146 e. The molecule has 0 spiro atoms. The summed E-state index contributed by atoms with van der Waals surface area (Å²) in [6.07, 6.45) is 0.912. The monoisotopic (exact) mass is 197 g/mol. The molecule has 58 valence electrons. The van der Waals surface area contributed by atoms with Crippen LogP contribution >= 0.6 is 23.2 Å². The van der Waals surface area contributed by atoms with Gasteiger partial charge < -0.3 is 4.43 Å². The van der Waals surface area contributed by atoms with Gasteiger partial charge in [0.25, 0.3) is 0 Å². The molecule has 0 rings (SSSR count). The number of hydrogen-bond donors (Lipinski definition) is 0. The fourth-order valence-electron chi connectivity index (χ4n) is 0.554. The fraction of sp³-hybridized carbons (Fsp3) is 0.800. The zero-order valence-electron chi connectivity index (χ0n) is 5.68. The number of rotatable bonds is 4. The number of hydrogen-bond acceptors (Lipinski definition) is 2. The van der Waals surface area contributed by atoms with Crippen molar-refractivity contribution in [1.29, 1.82) is 5.26 Å². The van der Waals surface area contributed by atoms with E-state index in [1.165, 1.54) is 0 Å². The molecule has 0 fully saturated rings. The third-order valence-electron chi connectivity index (χ3n) is 1.12. The molecule has 0 radical (unpaired) electrons. The molecule has 10 heavy (non-hydrogen) atoms. The van der Waals surface area contributed by atoms with Crippen molar-refractivity contribution in [3.63, 3.8) is 0 Å². The number of nitrogens with zero attached hydrogens (tertiary/aromatic N) is 1. The van der Waals surface area contributed by atoms with E-state index in [0.717, 1.165) is 0 Å². The Bertz CT molecular complexity index is 125. The maximum absolute atomic E-state index is 8.21. The van der Waals surface area contributed by atoms with E-state index in [0.29, 0.717) is 23.3 Å². The third-order valence-corrected chi connectivity index (χ3v) is 2.29. The molecule has 0 saturated carbocycles. The predicted molar refractivity (Wildman–Crippen MR) is 45.2 cm³/mol. The van der Waals surface area contributed by atoms with E-state index in [4.69, 9.17) is 32.9 Å². The summed E-state index contributed by atoms with van der Waals surface area (Å²) in [6.45, 7) is 0. The molecule has 0 aromatic carbocycles. The Labute approximate surface area is 73.6 Å². The van der Waals surface area contributed by atoms with Crippen LogP contribution in [0, 0.1) is 11.3 Å². The molecule has 0 aliphatic heterocycles. The Hall–Kier alpha value is 0.247. The molecule has 0 aromatic rings. The van der Waals surface area contributed by atoms with E-state index < -0.39 is 4.84 Å². The predicted octanol–water partition coefficient (Wildman–Crippen LogP) is 0.759. The standard InChI is InChI=1S/C5H9Cl2NOSi/c6-5(7)4(9-10)2-1-3-8/h4-5H,1-2H2,10H3. The van der Waals surface area contributed by atoms with Crippen molar-refractivity contribution in [1.82, 2.24) is 0 Å². The first-order valence-corrected chi connectivity index (χ1v) is 4.59. The van der Waals surface area contributed by atoms with Crippen molar-refractivity contribution in [3.8, 4) is 6.07 Å². The van der Waals surface area contributed by atoms with Gasteiger partial charge in [-0.1, -0.05) is 0 Å². The summed E-state index contributed by atoms with van der Waals surface area (Å²) in [5.41, 5.74) is 0. The Morgan fingerprint density at radius 2 is 2.20 bits per heavy atom. The highest BCUT2D eigenvalue weighted by Crippen LogP contribution is 2.14. The van der Waals surface area contributed by atoms with Crippen LogP contribution in [0.3, 0.4) is 0 Å². The molecule has 2 nitrogen and oxygen atoms in total. The van der Waals surface area contributed by atoms with Gasteiger partial charge in [-0.15, -0.1) is 23.2 Å². The van der Waals surface area contributed by atoms with E-state index in [-0.39, 0.29) is 6.10 Å². The average molecular weight is 198 g/mol. The van der Waals surface area contributed by atoms with Crippen LogP contribution in [0.1, 0.15) is 12.8 Å². The minimum atomic E-state index is -0.508. The fourth-order valence-corrected chi connectivity index (χ4v) is 1.86. The minimum absolute atomic E-state index is 0.158. The second-order valence-corrected chi connectivity index (χ2v) is 3.44. The molecule has 0 aliphatic rings. The van der Waals surface area contributed by atoms with E-state index in [1.807, 2.05) is 6.07 Å². The molecular formula is C5H9Cl2NOSi. The number of nitriles is 1. The van der Waals surface area contributed by atoms with Crippen LogP contribution in [0.2, 0.25) is 0 Å². The van der Waals surface area contributed by atoms with Crippen molar-refractivity contribution < 1.29 is 4.43 Å². The SMILES string of the molecule is N#CCCC(O[SiH3])C(Cl)Cl. The van der Waals surface area contributed by atoms with Gasteiger partial charge in [0.05, 0.1) is 12.2 Å². The third kappa shape index (κ3) is 4.12. The van der Waals surface area contributed by atoms with Gasteiger partial charge in [-0.05, 0) is 6.42 Å².